The van der Waals surface area contributed by atoms with Crippen LogP contribution in [-0.4, -0.2) is 45.5 Å². The number of benzene rings is 2. The molecule has 2 aromatic carbocycles. The Balaban J connectivity index is 1.27. The molecule has 0 spiro atoms. The van der Waals surface area contributed by atoms with Gasteiger partial charge in [0.15, 0.2) is 5.69 Å². The topological polar surface area (TPSA) is 96.3 Å². The number of nitrogens with zero attached hydrogens (tertiary/aromatic N) is 3. The van der Waals surface area contributed by atoms with Gasteiger partial charge in [-0.15, -0.1) is 0 Å². The number of halogens is 1. The summed E-state index contributed by atoms with van der Waals surface area (Å²) in [4.78, 5) is 39.5. The number of aryl methyl sites for hydroxylation is 2. The van der Waals surface area contributed by atoms with E-state index in [-0.39, 0.29) is 36.9 Å². The van der Waals surface area contributed by atoms with Crippen molar-refractivity contribution >= 4 is 23.4 Å². The summed E-state index contributed by atoms with van der Waals surface area (Å²) in [6.07, 6.45) is 2.50. The van der Waals surface area contributed by atoms with Crippen molar-refractivity contribution in [1.29, 1.82) is 0 Å². The number of aromatic nitrogens is 2. The molecule has 2 heterocycles. The predicted octanol–water partition coefficient (Wildman–Crippen LogP) is 3.23. The van der Waals surface area contributed by atoms with Gasteiger partial charge in [-0.05, 0) is 36.6 Å². The van der Waals surface area contributed by atoms with Crippen LogP contribution in [0.4, 0.5) is 10.1 Å². The van der Waals surface area contributed by atoms with Gasteiger partial charge in [0.05, 0.1) is 0 Å². The lowest BCUT2D eigenvalue weighted by Crippen LogP contribution is -2.37. The van der Waals surface area contributed by atoms with E-state index in [0.29, 0.717) is 30.8 Å². The SMILES string of the molecule is Cn1nc(C(=O)Nc2cccc(F)c2)c2c1CCN(C(=O)CCC(=O)NCCCc1ccccc1)C2. The van der Waals surface area contributed by atoms with Gasteiger partial charge in [0.1, 0.15) is 5.82 Å². The second-order valence-electron chi connectivity index (χ2n) is 8.87. The Morgan fingerprint density at radius 2 is 1.86 bits per heavy atom. The molecule has 188 valence electrons. The van der Waals surface area contributed by atoms with Crippen LogP contribution in [0.25, 0.3) is 0 Å². The van der Waals surface area contributed by atoms with Gasteiger partial charge < -0.3 is 15.5 Å². The normalized spacial score (nSPS) is 12.7. The monoisotopic (exact) mass is 491 g/mol. The third kappa shape index (κ3) is 6.35. The smallest absolute Gasteiger partial charge is 0.276 e. The lowest BCUT2D eigenvalue weighted by Gasteiger charge is -2.27. The van der Waals surface area contributed by atoms with Crippen molar-refractivity contribution in [1.82, 2.24) is 20.0 Å². The zero-order chi connectivity index (χ0) is 25.5. The highest BCUT2D eigenvalue weighted by Crippen LogP contribution is 2.24. The Morgan fingerprint density at radius 3 is 2.64 bits per heavy atom. The zero-order valence-electron chi connectivity index (χ0n) is 20.3. The molecule has 0 aliphatic carbocycles. The molecular weight excluding hydrogens is 461 g/mol. The maximum atomic E-state index is 13.5. The van der Waals surface area contributed by atoms with E-state index in [9.17, 15) is 18.8 Å². The number of anilines is 1. The highest BCUT2D eigenvalue weighted by molar-refractivity contribution is 6.04. The van der Waals surface area contributed by atoms with Crippen LogP contribution in [-0.2, 0) is 36.0 Å². The second kappa shape index (κ2) is 11.6. The minimum atomic E-state index is -0.457. The molecule has 2 N–H and O–H groups in total. The number of amides is 3. The van der Waals surface area contributed by atoms with E-state index in [1.165, 1.54) is 23.8 Å². The van der Waals surface area contributed by atoms with Crippen LogP contribution in [0.2, 0.25) is 0 Å². The number of carbonyl (C=O) groups excluding carboxylic acids is 3. The fourth-order valence-corrected chi connectivity index (χ4v) is 4.38. The van der Waals surface area contributed by atoms with Gasteiger partial charge >= 0.3 is 0 Å². The van der Waals surface area contributed by atoms with Gasteiger partial charge in [0.2, 0.25) is 11.8 Å². The summed E-state index contributed by atoms with van der Waals surface area (Å²) < 4.78 is 15.1. The van der Waals surface area contributed by atoms with Crippen molar-refractivity contribution in [3.63, 3.8) is 0 Å². The van der Waals surface area contributed by atoms with E-state index in [1.54, 1.807) is 22.7 Å². The molecule has 36 heavy (non-hydrogen) atoms. The summed E-state index contributed by atoms with van der Waals surface area (Å²) in [7, 11) is 1.76. The van der Waals surface area contributed by atoms with Crippen LogP contribution in [0, 0.1) is 5.82 Å². The van der Waals surface area contributed by atoms with E-state index in [1.807, 2.05) is 18.2 Å². The third-order valence-corrected chi connectivity index (χ3v) is 6.27. The van der Waals surface area contributed by atoms with Crippen molar-refractivity contribution in [3.05, 3.63) is 82.9 Å². The summed E-state index contributed by atoms with van der Waals surface area (Å²) in [6.45, 7) is 1.30. The van der Waals surface area contributed by atoms with E-state index in [4.69, 9.17) is 0 Å². The summed E-state index contributed by atoms with van der Waals surface area (Å²) in [5, 5.41) is 9.90. The molecule has 8 nitrogen and oxygen atoms in total. The van der Waals surface area contributed by atoms with Crippen LogP contribution < -0.4 is 10.6 Å². The summed E-state index contributed by atoms with van der Waals surface area (Å²) in [6, 6.07) is 15.7. The van der Waals surface area contributed by atoms with E-state index < -0.39 is 11.7 Å². The second-order valence-corrected chi connectivity index (χ2v) is 8.87. The van der Waals surface area contributed by atoms with Gasteiger partial charge in [-0.3, -0.25) is 19.1 Å². The lowest BCUT2D eigenvalue weighted by atomic mass is 10.0. The lowest BCUT2D eigenvalue weighted by molar-refractivity contribution is -0.134. The molecule has 3 amide bonds. The van der Waals surface area contributed by atoms with Gasteiger partial charge in [0, 0.05) is 62.9 Å². The quantitative estimate of drug-likeness (QED) is 0.449. The highest BCUT2D eigenvalue weighted by Gasteiger charge is 2.29. The largest absolute Gasteiger partial charge is 0.356 e. The number of rotatable bonds is 9. The molecule has 0 radical (unpaired) electrons. The van der Waals surface area contributed by atoms with Crippen LogP contribution >= 0.6 is 0 Å². The van der Waals surface area contributed by atoms with Crippen LogP contribution in [0.5, 0.6) is 0 Å². The van der Waals surface area contributed by atoms with Crippen molar-refractivity contribution in [2.24, 2.45) is 7.05 Å². The first-order chi connectivity index (χ1) is 17.4. The number of fused-ring (bicyclic) bond motifs is 1. The molecule has 0 saturated heterocycles. The molecule has 0 unspecified atom stereocenters. The minimum absolute atomic E-state index is 0.102. The Morgan fingerprint density at radius 1 is 1.06 bits per heavy atom. The number of hydrogen-bond donors (Lipinski definition) is 2. The summed E-state index contributed by atoms with van der Waals surface area (Å²) in [5.41, 5.74) is 3.34. The molecule has 1 aliphatic rings. The zero-order valence-corrected chi connectivity index (χ0v) is 20.3. The van der Waals surface area contributed by atoms with Crippen molar-refractivity contribution in [3.8, 4) is 0 Å². The minimum Gasteiger partial charge on any atom is -0.356 e. The molecular formula is C27H30FN5O3. The van der Waals surface area contributed by atoms with E-state index in [0.717, 1.165) is 18.5 Å². The van der Waals surface area contributed by atoms with Crippen LogP contribution in [0.3, 0.4) is 0 Å². The Labute approximate surface area is 209 Å². The molecule has 0 saturated carbocycles. The first-order valence-electron chi connectivity index (χ1n) is 12.1. The Bertz CT molecular complexity index is 1240. The Hall–Kier alpha value is -4.01. The summed E-state index contributed by atoms with van der Waals surface area (Å²) >= 11 is 0. The predicted molar refractivity (Wildman–Crippen MR) is 134 cm³/mol. The number of hydrogen-bond acceptors (Lipinski definition) is 4. The van der Waals surface area contributed by atoms with Crippen molar-refractivity contribution in [2.75, 3.05) is 18.4 Å². The van der Waals surface area contributed by atoms with E-state index >= 15 is 0 Å². The first kappa shape index (κ1) is 25.1. The first-order valence-corrected chi connectivity index (χ1v) is 12.1. The highest BCUT2D eigenvalue weighted by atomic mass is 19.1. The Kier molecular flexibility index (Phi) is 8.10. The average molecular weight is 492 g/mol. The van der Waals surface area contributed by atoms with E-state index in [2.05, 4.69) is 27.9 Å². The third-order valence-electron chi connectivity index (χ3n) is 6.27. The van der Waals surface area contributed by atoms with Crippen molar-refractivity contribution in [2.45, 2.75) is 38.6 Å². The molecule has 9 heteroatoms. The summed E-state index contributed by atoms with van der Waals surface area (Å²) in [5.74, 6) is -1.19. The molecule has 3 aromatic rings. The fraction of sp³-hybridized carbons (Fsp3) is 0.333. The molecule has 1 aliphatic heterocycles. The van der Waals surface area contributed by atoms with Crippen LogP contribution in [0.1, 0.15) is 46.6 Å². The molecule has 4 rings (SSSR count). The fourth-order valence-electron chi connectivity index (χ4n) is 4.38. The average Bonchev–Trinajstić information content (AvgIpc) is 3.21. The van der Waals surface area contributed by atoms with Gasteiger partial charge in [0.25, 0.3) is 5.91 Å². The standard InChI is InChI=1S/C27H30FN5O3/c1-32-23-14-16-33(18-22(23)26(31-32)27(36)30-21-11-5-10-20(28)17-21)25(35)13-12-24(34)29-15-6-9-19-7-3-2-4-8-19/h2-5,7-8,10-11,17H,6,9,12-16,18H2,1H3,(H,29,34)(H,30,36). The van der Waals surface area contributed by atoms with Gasteiger partial charge in [-0.1, -0.05) is 36.4 Å². The molecule has 1 aromatic heterocycles. The maximum absolute atomic E-state index is 13.5. The van der Waals surface area contributed by atoms with Crippen molar-refractivity contribution < 1.29 is 18.8 Å². The molecule has 0 fully saturated rings. The molecule has 0 bridgehead atoms. The van der Waals surface area contributed by atoms with Gasteiger partial charge in [-0.25, -0.2) is 4.39 Å². The number of carbonyl (C=O) groups is 3. The van der Waals surface area contributed by atoms with Gasteiger partial charge in [-0.2, -0.15) is 5.10 Å². The maximum Gasteiger partial charge on any atom is 0.276 e. The van der Waals surface area contributed by atoms with Crippen LogP contribution in [0.15, 0.2) is 54.6 Å². The molecule has 0 atom stereocenters. The number of nitrogens with one attached hydrogen (secondary N) is 2.